The van der Waals surface area contributed by atoms with Gasteiger partial charge < -0.3 is 19.5 Å². The molecule has 1 aliphatic heterocycles. The SMILES string of the molecule is CC(C(=O)O)N(C)C(=O)c1ccc2c(c1)OCO2. The van der Waals surface area contributed by atoms with Gasteiger partial charge in [0.1, 0.15) is 6.04 Å². The highest BCUT2D eigenvalue weighted by Crippen LogP contribution is 2.32. The number of ether oxygens (including phenoxy) is 2. The van der Waals surface area contributed by atoms with Gasteiger partial charge in [0, 0.05) is 12.6 Å². The molecule has 1 heterocycles. The van der Waals surface area contributed by atoms with Crippen molar-refractivity contribution in [2.24, 2.45) is 0 Å². The number of amides is 1. The van der Waals surface area contributed by atoms with E-state index < -0.39 is 12.0 Å². The summed E-state index contributed by atoms with van der Waals surface area (Å²) in [6.45, 7) is 1.58. The van der Waals surface area contributed by atoms with E-state index in [-0.39, 0.29) is 12.7 Å². The minimum absolute atomic E-state index is 0.133. The zero-order valence-electron chi connectivity index (χ0n) is 10.0. The van der Waals surface area contributed by atoms with Crippen LogP contribution in [0, 0.1) is 0 Å². The number of carboxylic acids is 1. The highest BCUT2D eigenvalue weighted by molar-refractivity contribution is 5.97. The first kappa shape index (κ1) is 12.2. The normalized spacial score (nSPS) is 14.1. The van der Waals surface area contributed by atoms with Crippen LogP contribution in [-0.4, -0.2) is 41.8 Å². The molecule has 0 spiro atoms. The first-order valence-electron chi connectivity index (χ1n) is 5.40. The molecule has 1 atom stereocenters. The van der Waals surface area contributed by atoms with Gasteiger partial charge in [-0.15, -0.1) is 0 Å². The molecule has 0 fully saturated rings. The number of benzene rings is 1. The number of likely N-dealkylation sites (N-methyl/N-ethyl adjacent to an activating group) is 1. The van der Waals surface area contributed by atoms with Crippen molar-refractivity contribution < 1.29 is 24.2 Å². The van der Waals surface area contributed by atoms with Gasteiger partial charge in [0.05, 0.1) is 0 Å². The van der Waals surface area contributed by atoms with Crippen LogP contribution in [0.25, 0.3) is 0 Å². The molecule has 1 aliphatic rings. The van der Waals surface area contributed by atoms with Crippen molar-refractivity contribution >= 4 is 11.9 Å². The third kappa shape index (κ3) is 2.09. The fraction of sp³-hybridized carbons (Fsp3) is 0.333. The quantitative estimate of drug-likeness (QED) is 0.865. The maximum absolute atomic E-state index is 12.1. The molecule has 0 saturated heterocycles. The Kier molecular flexibility index (Phi) is 3.10. The van der Waals surface area contributed by atoms with E-state index in [1.54, 1.807) is 18.2 Å². The van der Waals surface area contributed by atoms with Gasteiger partial charge in [-0.25, -0.2) is 4.79 Å². The minimum atomic E-state index is -1.05. The zero-order valence-corrected chi connectivity index (χ0v) is 10.0. The summed E-state index contributed by atoms with van der Waals surface area (Å²) in [5.74, 6) is -0.340. The summed E-state index contributed by atoms with van der Waals surface area (Å²) in [7, 11) is 1.45. The lowest BCUT2D eigenvalue weighted by atomic mass is 10.1. The van der Waals surface area contributed by atoms with Crippen molar-refractivity contribution in [2.45, 2.75) is 13.0 Å². The molecule has 0 bridgehead atoms. The van der Waals surface area contributed by atoms with Crippen molar-refractivity contribution in [3.63, 3.8) is 0 Å². The third-order valence-electron chi connectivity index (χ3n) is 2.88. The summed E-state index contributed by atoms with van der Waals surface area (Å²) < 4.78 is 10.3. The lowest BCUT2D eigenvalue weighted by Gasteiger charge is -2.21. The lowest BCUT2D eigenvalue weighted by Crippen LogP contribution is -2.40. The number of aliphatic carboxylic acids is 1. The number of carboxylic acid groups (broad SMARTS) is 1. The molecule has 2 rings (SSSR count). The molecule has 0 aliphatic carbocycles. The molecule has 1 aromatic carbocycles. The van der Waals surface area contributed by atoms with Gasteiger partial charge in [0.2, 0.25) is 6.79 Å². The van der Waals surface area contributed by atoms with Crippen molar-refractivity contribution in [1.29, 1.82) is 0 Å². The van der Waals surface area contributed by atoms with Crippen LogP contribution in [0.2, 0.25) is 0 Å². The topological polar surface area (TPSA) is 76.1 Å². The van der Waals surface area contributed by atoms with Crippen LogP contribution < -0.4 is 9.47 Å². The van der Waals surface area contributed by atoms with Crippen molar-refractivity contribution in [1.82, 2.24) is 4.90 Å². The van der Waals surface area contributed by atoms with Gasteiger partial charge in [-0.2, -0.15) is 0 Å². The van der Waals surface area contributed by atoms with Crippen LogP contribution in [0.4, 0.5) is 0 Å². The Morgan fingerprint density at radius 2 is 2.00 bits per heavy atom. The maximum Gasteiger partial charge on any atom is 0.326 e. The van der Waals surface area contributed by atoms with Gasteiger partial charge in [0.15, 0.2) is 11.5 Å². The fourth-order valence-electron chi connectivity index (χ4n) is 1.57. The zero-order chi connectivity index (χ0) is 13.3. The second kappa shape index (κ2) is 4.56. The summed E-state index contributed by atoms with van der Waals surface area (Å²) in [6.07, 6.45) is 0. The number of rotatable bonds is 3. The monoisotopic (exact) mass is 251 g/mol. The number of hydrogen-bond donors (Lipinski definition) is 1. The van der Waals surface area contributed by atoms with Crippen LogP contribution in [-0.2, 0) is 4.79 Å². The van der Waals surface area contributed by atoms with E-state index in [9.17, 15) is 9.59 Å². The molecular formula is C12H13NO5. The van der Waals surface area contributed by atoms with Crippen molar-refractivity contribution in [3.8, 4) is 11.5 Å². The third-order valence-corrected chi connectivity index (χ3v) is 2.88. The Labute approximate surface area is 104 Å². The maximum atomic E-state index is 12.1. The molecule has 1 N–H and O–H groups in total. The van der Waals surface area contributed by atoms with Crippen LogP contribution in [0.3, 0.4) is 0 Å². The van der Waals surface area contributed by atoms with E-state index in [2.05, 4.69) is 0 Å². The molecule has 96 valence electrons. The Morgan fingerprint density at radius 1 is 1.33 bits per heavy atom. The number of nitrogens with zero attached hydrogens (tertiary/aromatic N) is 1. The minimum Gasteiger partial charge on any atom is -0.480 e. The number of carbonyl (C=O) groups excluding carboxylic acids is 1. The smallest absolute Gasteiger partial charge is 0.326 e. The lowest BCUT2D eigenvalue weighted by molar-refractivity contribution is -0.141. The van der Waals surface area contributed by atoms with Crippen LogP contribution in [0.5, 0.6) is 11.5 Å². The Hall–Kier alpha value is -2.24. The Balaban J connectivity index is 2.21. The van der Waals surface area contributed by atoms with Gasteiger partial charge in [-0.05, 0) is 25.1 Å². The second-order valence-corrected chi connectivity index (χ2v) is 4.00. The van der Waals surface area contributed by atoms with E-state index in [4.69, 9.17) is 14.6 Å². The first-order chi connectivity index (χ1) is 8.50. The molecule has 0 radical (unpaired) electrons. The molecule has 6 heteroatoms. The van der Waals surface area contributed by atoms with E-state index in [0.717, 1.165) is 0 Å². The molecule has 0 aromatic heterocycles. The Morgan fingerprint density at radius 3 is 2.67 bits per heavy atom. The van der Waals surface area contributed by atoms with Crippen molar-refractivity contribution in [2.75, 3.05) is 13.8 Å². The summed E-state index contributed by atoms with van der Waals surface area (Å²) >= 11 is 0. The molecular weight excluding hydrogens is 238 g/mol. The van der Waals surface area contributed by atoms with E-state index in [1.807, 2.05) is 0 Å². The summed E-state index contributed by atoms with van der Waals surface area (Å²) in [5.41, 5.74) is 0.370. The first-order valence-corrected chi connectivity index (χ1v) is 5.40. The predicted molar refractivity (Wildman–Crippen MR) is 61.8 cm³/mol. The van der Waals surface area contributed by atoms with Gasteiger partial charge >= 0.3 is 5.97 Å². The molecule has 6 nitrogen and oxygen atoms in total. The second-order valence-electron chi connectivity index (χ2n) is 4.00. The van der Waals surface area contributed by atoms with E-state index in [1.165, 1.54) is 18.9 Å². The number of hydrogen-bond acceptors (Lipinski definition) is 4. The van der Waals surface area contributed by atoms with Crippen LogP contribution >= 0.6 is 0 Å². The summed E-state index contributed by atoms with van der Waals surface area (Å²) in [5, 5.41) is 8.86. The number of fused-ring (bicyclic) bond motifs is 1. The fourth-order valence-corrected chi connectivity index (χ4v) is 1.57. The van der Waals surface area contributed by atoms with Crippen LogP contribution in [0.15, 0.2) is 18.2 Å². The van der Waals surface area contributed by atoms with E-state index >= 15 is 0 Å². The number of carbonyl (C=O) groups is 2. The van der Waals surface area contributed by atoms with Gasteiger partial charge in [0.25, 0.3) is 5.91 Å². The van der Waals surface area contributed by atoms with E-state index in [0.29, 0.717) is 17.1 Å². The molecule has 0 saturated carbocycles. The average molecular weight is 251 g/mol. The highest BCUT2D eigenvalue weighted by Gasteiger charge is 2.24. The van der Waals surface area contributed by atoms with Gasteiger partial charge in [-0.3, -0.25) is 4.79 Å². The van der Waals surface area contributed by atoms with Crippen molar-refractivity contribution in [3.05, 3.63) is 23.8 Å². The highest BCUT2D eigenvalue weighted by atomic mass is 16.7. The molecule has 1 aromatic rings. The molecule has 1 amide bonds. The summed E-state index contributed by atoms with van der Waals surface area (Å²) in [4.78, 5) is 24.0. The standard InChI is InChI=1S/C12H13NO5/c1-7(12(15)16)13(2)11(14)8-3-4-9-10(5-8)18-6-17-9/h3-5,7H,6H2,1-2H3,(H,15,16). The predicted octanol–water partition coefficient (Wildman–Crippen LogP) is 0.960. The van der Waals surface area contributed by atoms with Gasteiger partial charge in [-0.1, -0.05) is 0 Å². The largest absolute Gasteiger partial charge is 0.480 e. The summed E-state index contributed by atoms with van der Waals surface area (Å²) in [6, 6.07) is 3.88. The van der Waals surface area contributed by atoms with Crippen LogP contribution in [0.1, 0.15) is 17.3 Å². The molecule has 18 heavy (non-hydrogen) atoms. The average Bonchev–Trinajstić information content (AvgIpc) is 2.82. The Bertz CT molecular complexity index is 499. The molecule has 1 unspecified atom stereocenters.